The first kappa shape index (κ1) is 17.3. The summed E-state index contributed by atoms with van der Waals surface area (Å²) >= 11 is 1.70. The van der Waals surface area contributed by atoms with E-state index in [0.29, 0.717) is 18.4 Å². The van der Waals surface area contributed by atoms with E-state index < -0.39 is 0 Å². The van der Waals surface area contributed by atoms with Gasteiger partial charge in [0.15, 0.2) is 0 Å². The second-order valence-corrected chi connectivity index (χ2v) is 7.68. The summed E-state index contributed by atoms with van der Waals surface area (Å²) < 4.78 is 0. The summed E-state index contributed by atoms with van der Waals surface area (Å²) in [5.41, 5.74) is 1.27. The fourth-order valence-corrected chi connectivity index (χ4v) is 3.97. The summed E-state index contributed by atoms with van der Waals surface area (Å²) in [6.07, 6.45) is 2.33. The number of amides is 2. The molecule has 0 aliphatic carbocycles. The Morgan fingerprint density at radius 2 is 2.23 bits per heavy atom. The molecule has 1 aliphatic rings. The second kappa shape index (κ2) is 7.97. The van der Waals surface area contributed by atoms with Crippen LogP contribution in [0.5, 0.6) is 0 Å². The SMILES string of the molecule is C[C@@H]1CCN(C(=O)NCC(c2ccsc2)N(C)C)C[C@H](C)C1. The Balaban J connectivity index is 1.90. The molecular formula is C17H29N3OS. The molecule has 0 radical (unpaired) electrons. The standard InChI is InChI=1S/C17H29N3OS/c1-13-5-7-20(11-14(2)9-13)17(21)18-10-16(19(3)4)15-6-8-22-12-15/h6,8,12-14,16H,5,7,9-11H2,1-4H3,(H,18,21)/t13-,14-,16?/m1/s1. The van der Waals surface area contributed by atoms with Crippen LogP contribution in [0, 0.1) is 11.8 Å². The molecule has 1 fully saturated rings. The largest absolute Gasteiger partial charge is 0.336 e. The van der Waals surface area contributed by atoms with Crippen molar-refractivity contribution in [1.82, 2.24) is 15.1 Å². The summed E-state index contributed by atoms with van der Waals surface area (Å²) in [5, 5.41) is 7.38. The molecule has 1 aromatic heterocycles. The first-order chi connectivity index (χ1) is 10.5. The van der Waals surface area contributed by atoms with Crippen molar-refractivity contribution in [2.45, 2.75) is 32.7 Å². The van der Waals surface area contributed by atoms with Gasteiger partial charge in [-0.3, -0.25) is 0 Å². The summed E-state index contributed by atoms with van der Waals surface area (Å²) in [7, 11) is 4.12. The molecule has 2 heterocycles. The van der Waals surface area contributed by atoms with Gasteiger partial charge in [0, 0.05) is 19.6 Å². The van der Waals surface area contributed by atoms with E-state index in [2.05, 4.69) is 55.0 Å². The number of hydrogen-bond acceptors (Lipinski definition) is 3. The molecule has 1 N–H and O–H groups in total. The maximum absolute atomic E-state index is 12.5. The van der Waals surface area contributed by atoms with Crippen LogP contribution in [0.4, 0.5) is 4.79 Å². The van der Waals surface area contributed by atoms with Crippen LogP contribution in [0.25, 0.3) is 0 Å². The van der Waals surface area contributed by atoms with E-state index >= 15 is 0 Å². The quantitative estimate of drug-likeness (QED) is 0.921. The van der Waals surface area contributed by atoms with Crippen molar-refractivity contribution in [2.24, 2.45) is 11.8 Å². The van der Waals surface area contributed by atoms with Gasteiger partial charge in [0.1, 0.15) is 0 Å². The van der Waals surface area contributed by atoms with Gasteiger partial charge in [0.25, 0.3) is 0 Å². The van der Waals surface area contributed by atoms with Crippen molar-refractivity contribution in [1.29, 1.82) is 0 Å². The molecule has 5 heteroatoms. The van der Waals surface area contributed by atoms with E-state index in [1.54, 1.807) is 11.3 Å². The van der Waals surface area contributed by atoms with Crippen LogP contribution in [-0.2, 0) is 0 Å². The molecule has 3 atom stereocenters. The van der Waals surface area contributed by atoms with Crippen molar-refractivity contribution in [3.05, 3.63) is 22.4 Å². The molecule has 0 spiro atoms. The van der Waals surface area contributed by atoms with Gasteiger partial charge < -0.3 is 15.1 Å². The maximum Gasteiger partial charge on any atom is 0.317 e. The highest BCUT2D eigenvalue weighted by molar-refractivity contribution is 7.07. The predicted octanol–water partition coefficient (Wildman–Crippen LogP) is 3.43. The van der Waals surface area contributed by atoms with Gasteiger partial charge in [-0.05, 0) is 61.2 Å². The number of hydrogen-bond donors (Lipinski definition) is 1. The molecule has 1 unspecified atom stereocenters. The Hall–Kier alpha value is -1.07. The highest BCUT2D eigenvalue weighted by Crippen LogP contribution is 2.22. The van der Waals surface area contributed by atoms with Crippen LogP contribution in [0.15, 0.2) is 16.8 Å². The summed E-state index contributed by atoms with van der Waals surface area (Å²) in [4.78, 5) is 16.7. The molecule has 1 saturated heterocycles. The van der Waals surface area contributed by atoms with Gasteiger partial charge in [-0.25, -0.2) is 4.79 Å². The van der Waals surface area contributed by atoms with Gasteiger partial charge in [-0.1, -0.05) is 13.8 Å². The van der Waals surface area contributed by atoms with E-state index in [0.717, 1.165) is 19.5 Å². The number of likely N-dealkylation sites (tertiary alicyclic amines) is 1. The zero-order valence-electron chi connectivity index (χ0n) is 14.2. The van der Waals surface area contributed by atoms with Crippen LogP contribution in [0.2, 0.25) is 0 Å². The molecule has 2 rings (SSSR count). The first-order valence-corrected chi connectivity index (χ1v) is 9.13. The molecule has 1 aliphatic heterocycles. The lowest BCUT2D eigenvalue weighted by molar-refractivity contribution is 0.188. The van der Waals surface area contributed by atoms with Crippen molar-refractivity contribution >= 4 is 17.4 Å². The fourth-order valence-electron chi connectivity index (χ4n) is 3.27. The van der Waals surface area contributed by atoms with Gasteiger partial charge in [-0.15, -0.1) is 0 Å². The topological polar surface area (TPSA) is 35.6 Å². The van der Waals surface area contributed by atoms with Crippen molar-refractivity contribution in [3.8, 4) is 0 Å². The average molecular weight is 324 g/mol. The molecule has 0 aromatic carbocycles. The minimum atomic E-state index is 0.0861. The van der Waals surface area contributed by atoms with Crippen LogP contribution < -0.4 is 5.32 Å². The lowest BCUT2D eigenvalue weighted by atomic mass is 9.97. The van der Waals surface area contributed by atoms with Crippen LogP contribution in [0.3, 0.4) is 0 Å². The third kappa shape index (κ3) is 4.71. The Morgan fingerprint density at radius 1 is 1.45 bits per heavy atom. The zero-order chi connectivity index (χ0) is 16.1. The lowest BCUT2D eigenvalue weighted by Crippen LogP contribution is -2.44. The van der Waals surface area contributed by atoms with E-state index in [-0.39, 0.29) is 12.1 Å². The van der Waals surface area contributed by atoms with Crippen molar-refractivity contribution in [3.63, 3.8) is 0 Å². The molecule has 2 amide bonds. The van der Waals surface area contributed by atoms with Crippen molar-refractivity contribution in [2.75, 3.05) is 33.7 Å². The molecule has 124 valence electrons. The van der Waals surface area contributed by atoms with E-state index in [4.69, 9.17) is 0 Å². The third-order valence-electron chi connectivity index (χ3n) is 4.51. The third-order valence-corrected chi connectivity index (χ3v) is 5.22. The highest BCUT2D eigenvalue weighted by atomic mass is 32.1. The molecule has 22 heavy (non-hydrogen) atoms. The zero-order valence-corrected chi connectivity index (χ0v) is 15.0. The first-order valence-electron chi connectivity index (χ1n) is 8.18. The van der Waals surface area contributed by atoms with Gasteiger partial charge in [0.2, 0.25) is 0 Å². The monoisotopic (exact) mass is 323 g/mol. The lowest BCUT2D eigenvalue weighted by Gasteiger charge is -2.27. The van der Waals surface area contributed by atoms with E-state index in [1.165, 1.54) is 12.0 Å². The summed E-state index contributed by atoms with van der Waals surface area (Å²) in [5.74, 6) is 1.30. The number of carbonyl (C=O) groups is 1. The fraction of sp³-hybridized carbons (Fsp3) is 0.706. The van der Waals surface area contributed by atoms with E-state index in [9.17, 15) is 4.79 Å². The van der Waals surface area contributed by atoms with Gasteiger partial charge in [-0.2, -0.15) is 11.3 Å². The van der Waals surface area contributed by atoms with Crippen LogP contribution in [0.1, 0.15) is 38.3 Å². The number of thiophene rings is 1. The Labute approximate surface area is 138 Å². The van der Waals surface area contributed by atoms with Gasteiger partial charge >= 0.3 is 6.03 Å². The van der Waals surface area contributed by atoms with E-state index in [1.807, 2.05) is 4.90 Å². The number of carbonyl (C=O) groups excluding carboxylic acids is 1. The minimum absolute atomic E-state index is 0.0861. The average Bonchev–Trinajstić information content (AvgIpc) is 2.90. The molecule has 0 saturated carbocycles. The predicted molar refractivity (Wildman–Crippen MR) is 93.3 cm³/mol. The Bertz CT molecular complexity index is 460. The normalized spacial score (nSPS) is 24.1. The number of nitrogens with zero attached hydrogens (tertiary/aromatic N) is 2. The van der Waals surface area contributed by atoms with Crippen LogP contribution >= 0.6 is 11.3 Å². The number of nitrogens with one attached hydrogen (secondary N) is 1. The minimum Gasteiger partial charge on any atom is -0.336 e. The Kier molecular flexibility index (Phi) is 6.26. The molecular weight excluding hydrogens is 294 g/mol. The Morgan fingerprint density at radius 3 is 2.86 bits per heavy atom. The molecule has 1 aromatic rings. The second-order valence-electron chi connectivity index (χ2n) is 6.90. The van der Waals surface area contributed by atoms with Gasteiger partial charge in [0.05, 0.1) is 6.04 Å². The highest BCUT2D eigenvalue weighted by Gasteiger charge is 2.23. The molecule has 4 nitrogen and oxygen atoms in total. The number of urea groups is 1. The van der Waals surface area contributed by atoms with Crippen LogP contribution in [-0.4, -0.2) is 49.6 Å². The smallest absolute Gasteiger partial charge is 0.317 e. The number of likely N-dealkylation sites (N-methyl/N-ethyl adjacent to an activating group) is 1. The summed E-state index contributed by atoms with van der Waals surface area (Å²) in [6.45, 7) is 6.94. The maximum atomic E-state index is 12.5. The molecule has 0 bridgehead atoms. The number of rotatable bonds is 4. The van der Waals surface area contributed by atoms with Crippen molar-refractivity contribution < 1.29 is 4.79 Å². The summed E-state index contributed by atoms with van der Waals surface area (Å²) in [6, 6.07) is 2.46.